The molecule has 1 saturated heterocycles. The first-order valence-electron chi connectivity index (χ1n) is 10.1. The topological polar surface area (TPSA) is 76.3 Å². The first kappa shape index (κ1) is 20.3. The van der Waals surface area contributed by atoms with Crippen molar-refractivity contribution in [2.24, 2.45) is 0 Å². The van der Waals surface area contributed by atoms with Crippen molar-refractivity contribution in [2.75, 3.05) is 26.8 Å². The van der Waals surface area contributed by atoms with E-state index in [4.69, 9.17) is 17.0 Å². The van der Waals surface area contributed by atoms with Crippen molar-refractivity contribution in [2.45, 2.75) is 70.2 Å². The number of carbonyl (C=O) groups excluding carboxylic acids is 1. The van der Waals surface area contributed by atoms with Gasteiger partial charge < -0.3 is 19.9 Å². The number of nitrogens with zero attached hydrogens (tertiary/aromatic N) is 4. The van der Waals surface area contributed by atoms with Crippen LogP contribution in [0.25, 0.3) is 0 Å². The molecule has 1 aromatic heterocycles. The molecule has 3 rings (SSSR count). The molecule has 2 amide bonds. The number of ether oxygens (including phenoxy) is 1. The number of hydrogen-bond acceptors (Lipinski definition) is 5. The largest absolute Gasteiger partial charge is 0.383 e. The van der Waals surface area contributed by atoms with Gasteiger partial charge in [-0.25, -0.2) is 9.48 Å². The quantitative estimate of drug-likeness (QED) is 0.691. The maximum absolute atomic E-state index is 12.2. The van der Waals surface area contributed by atoms with E-state index in [0.29, 0.717) is 19.3 Å². The Morgan fingerprint density at radius 3 is 2.52 bits per heavy atom. The summed E-state index contributed by atoms with van der Waals surface area (Å²) in [4.78, 5) is 14.5. The van der Waals surface area contributed by atoms with Crippen molar-refractivity contribution in [1.82, 2.24) is 29.9 Å². The zero-order valence-electron chi connectivity index (χ0n) is 16.2. The maximum Gasteiger partial charge on any atom is 0.315 e. The summed E-state index contributed by atoms with van der Waals surface area (Å²) in [5, 5.41) is 10.7. The van der Waals surface area contributed by atoms with Crippen LogP contribution in [0.1, 0.15) is 44.9 Å². The molecule has 1 aliphatic heterocycles. The number of nitrogens with one attached hydrogen (secondary N) is 2. The number of amides is 2. The highest BCUT2D eigenvalue weighted by atomic mass is 32.1. The lowest BCUT2D eigenvalue weighted by atomic mass is 9.96. The summed E-state index contributed by atoms with van der Waals surface area (Å²) in [5.74, 6) is 0. The predicted molar refractivity (Wildman–Crippen MR) is 106 cm³/mol. The smallest absolute Gasteiger partial charge is 0.315 e. The minimum Gasteiger partial charge on any atom is -0.383 e. The zero-order chi connectivity index (χ0) is 19.1. The fraction of sp³-hybridized carbons (Fsp3) is 0.833. The van der Waals surface area contributed by atoms with Gasteiger partial charge in [-0.3, -0.25) is 4.90 Å². The summed E-state index contributed by atoms with van der Waals surface area (Å²) >= 11 is 5.48. The Morgan fingerprint density at radius 1 is 1.19 bits per heavy atom. The van der Waals surface area contributed by atoms with Crippen molar-refractivity contribution in [3.63, 3.8) is 0 Å². The van der Waals surface area contributed by atoms with Crippen LogP contribution in [0.3, 0.4) is 0 Å². The molecule has 0 aromatic carbocycles. The van der Waals surface area contributed by atoms with Crippen molar-refractivity contribution in [3.05, 3.63) is 11.1 Å². The van der Waals surface area contributed by atoms with Crippen LogP contribution >= 0.6 is 12.2 Å². The molecule has 27 heavy (non-hydrogen) atoms. The molecule has 0 atom stereocenters. The zero-order valence-corrected chi connectivity index (χ0v) is 17.0. The molecule has 0 radical (unpaired) electrons. The standard InChI is InChI=1S/C18H32N6O2S/c1-26-12-11-23-13-19-24(18(23)27)14-22-9-7-16(8-10-22)21-17(25)20-15-5-3-2-4-6-15/h13,15-16H,2-12,14H2,1H3,(H2,20,21,25). The molecule has 2 fully saturated rings. The third kappa shape index (κ3) is 6.02. The monoisotopic (exact) mass is 396 g/mol. The number of methoxy groups -OCH3 is 1. The van der Waals surface area contributed by atoms with E-state index in [1.807, 2.05) is 9.25 Å². The van der Waals surface area contributed by atoms with Gasteiger partial charge in [-0.05, 0) is 37.9 Å². The lowest BCUT2D eigenvalue weighted by molar-refractivity contribution is 0.150. The summed E-state index contributed by atoms with van der Waals surface area (Å²) in [6.07, 6.45) is 9.66. The Balaban J connectivity index is 1.39. The van der Waals surface area contributed by atoms with Gasteiger partial charge in [-0.1, -0.05) is 19.3 Å². The minimum atomic E-state index is -0.000504. The molecule has 2 aliphatic rings. The lowest BCUT2D eigenvalue weighted by Gasteiger charge is -2.32. The number of urea groups is 1. The van der Waals surface area contributed by atoms with Crippen LogP contribution in [-0.4, -0.2) is 64.2 Å². The molecule has 9 heteroatoms. The fourth-order valence-corrected chi connectivity index (χ4v) is 4.12. The average molecular weight is 397 g/mol. The van der Waals surface area contributed by atoms with Crippen LogP contribution < -0.4 is 10.6 Å². The molecule has 2 heterocycles. The van der Waals surface area contributed by atoms with E-state index in [1.165, 1.54) is 19.3 Å². The van der Waals surface area contributed by atoms with Crippen molar-refractivity contribution < 1.29 is 9.53 Å². The van der Waals surface area contributed by atoms with Crippen LogP contribution in [-0.2, 0) is 18.0 Å². The van der Waals surface area contributed by atoms with Crippen LogP contribution in [0, 0.1) is 4.77 Å². The van der Waals surface area contributed by atoms with E-state index in [0.717, 1.165) is 50.1 Å². The normalized spacial score (nSPS) is 19.9. The van der Waals surface area contributed by atoms with Gasteiger partial charge in [-0.15, -0.1) is 0 Å². The molecular formula is C18H32N6O2S. The van der Waals surface area contributed by atoms with E-state index >= 15 is 0 Å². The number of rotatable bonds is 7. The second kappa shape index (κ2) is 10.2. The SMILES string of the molecule is COCCn1cnn(CN2CCC(NC(=O)NC3CCCCC3)CC2)c1=S. The summed E-state index contributed by atoms with van der Waals surface area (Å²) < 4.78 is 9.61. The molecule has 2 N–H and O–H groups in total. The van der Waals surface area contributed by atoms with Gasteiger partial charge in [-0.2, -0.15) is 5.10 Å². The molecule has 0 bridgehead atoms. The van der Waals surface area contributed by atoms with E-state index in [1.54, 1.807) is 13.4 Å². The maximum atomic E-state index is 12.2. The van der Waals surface area contributed by atoms with Crippen LogP contribution in [0.5, 0.6) is 0 Å². The van der Waals surface area contributed by atoms with Gasteiger partial charge in [0.05, 0.1) is 13.3 Å². The number of likely N-dealkylation sites (tertiary alicyclic amines) is 1. The van der Waals surface area contributed by atoms with Gasteiger partial charge in [0.15, 0.2) is 4.77 Å². The molecular weight excluding hydrogens is 364 g/mol. The van der Waals surface area contributed by atoms with E-state index in [2.05, 4.69) is 20.6 Å². The molecule has 0 spiro atoms. The van der Waals surface area contributed by atoms with Crippen LogP contribution in [0.4, 0.5) is 4.79 Å². The third-order valence-electron chi connectivity index (χ3n) is 5.53. The summed E-state index contributed by atoms with van der Waals surface area (Å²) in [5.41, 5.74) is 0. The summed E-state index contributed by atoms with van der Waals surface area (Å²) in [7, 11) is 1.68. The molecule has 1 aromatic rings. The van der Waals surface area contributed by atoms with E-state index in [9.17, 15) is 4.79 Å². The van der Waals surface area contributed by atoms with Gasteiger partial charge in [0.1, 0.15) is 6.33 Å². The highest BCUT2D eigenvalue weighted by Gasteiger charge is 2.22. The van der Waals surface area contributed by atoms with Gasteiger partial charge >= 0.3 is 6.03 Å². The molecule has 152 valence electrons. The van der Waals surface area contributed by atoms with Gasteiger partial charge in [0.25, 0.3) is 0 Å². The second-order valence-corrected chi connectivity index (χ2v) is 7.95. The molecule has 0 unspecified atom stereocenters. The summed E-state index contributed by atoms with van der Waals surface area (Å²) in [6, 6.07) is 0.602. The predicted octanol–water partition coefficient (Wildman–Crippen LogP) is 2.11. The Morgan fingerprint density at radius 2 is 1.85 bits per heavy atom. The van der Waals surface area contributed by atoms with Gasteiger partial charge in [0, 0.05) is 38.8 Å². The Hall–Kier alpha value is -1.45. The third-order valence-corrected chi connectivity index (χ3v) is 5.98. The minimum absolute atomic E-state index is 0.000504. The number of carbonyl (C=O) groups is 1. The van der Waals surface area contributed by atoms with E-state index in [-0.39, 0.29) is 12.1 Å². The van der Waals surface area contributed by atoms with Crippen molar-refractivity contribution >= 4 is 18.2 Å². The Labute approximate surface area is 166 Å². The first-order chi connectivity index (χ1) is 13.2. The van der Waals surface area contributed by atoms with Crippen LogP contribution in [0.2, 0.25) is 0 Å². The summed E-state index contributed by atoms with van der Waals surface area (Å²) in [6.45, 7) is 3.90. The number of piperidine rings is 1. The highest BCUT2D eigenvalue weighted by molar-refractivity contribution is 7.71. The number of hydrogen-bond donors (Lipinski definition) is 2. The Bertz CT molecular complexity index is 647. The second-order valence-electron chi connectivity index (χ2n) is 7.59. The number of aromatic nitrogens is 3. The van der Waals surface area contributed by atoms with Crippen LogP contribution in [0.15, 0.2) is 6.33 Å². The first-order valence-corrected chi connectivity index (χ1v) is 10.5. The van der Waals surface area contributed by atoms with Gasteiger partial charge in [0.2, 0.25) is 0 Å². The fourth-order valence-electron chi connectivity index (χ4n) is 3.88. The highest BCUT2D eigenvalue weighted by Crippen LogP contribution is 2.17. The lowest BCUT2D eigenvalue weighted by Crippen LogP contribution is -2.50. The van der Waals surface area contributed by atoms with E-state index < -0.39 is 0 Å². The molecule has 1 saturated carbocycles. The molecule has 1 aliphatic carbocycles. The van der Waals surface area contributed by atoms with Crippen molar-refractivity contribution in [1.29, 1.82) is 0 Å². The Kier molecular flexibility index (Phi) is 7.66. The van der Waals surface area contributed by atoms with Crippen molar-refractivity contribution in [3.8, 4) is 0 Å². The molecule has 8 nitrogen and oxygen atoms in total. The average Bonchev–Trinajstić information content (AvgIpc) is 3.02.